The second kappa shape index (κ2) is 12.0. The monoisotopic (exact) mass is 413 g/mol. The maximum atomic E-state index is 6.03. The molecule has 2 aromatic rings. The molecule has 1 aromatic heterocycles. The SMILES string of the molecule is CCCCCCCCCOc1ccc(-c2n[nH]c3c2CN(CCC)CC3)cc1OC. The van der Waals surface area contributed by atoms with Crippen molar-refractivity contribution in [3.05, 3.63) is 29.5 Å². The molecule has 0 fully saturated rings. The van der Waals surface area contributed by atoms with E-state index in [2.05, 4.69) is 41.1 Å². The first-order valence-electron chi connectivity index (χ1n) is 11.9. The molecule has 5 heteroatoms. The third-order valence-electron chi connectivity index (χ3n) is 5.99. The number of nitrogens with zero attached hydrogens (tertiary/aromatic N) is 2. The molecule has 2 heterocycles. The molecule has 166 valence electrons. The molecule has 5 nitrogen and oxygen atoms in total. The molecule has 1 aliphatic rings. The summed E-state index contributed by atoms with van der Waals surface area (Å²) in [5, 5.41) is 7.89. The number of H-pyrrole nitrogens is 1. The first kappa shape index (κ1) is 22.7. The Kier molecular flexibility index (Phi) is 9.06. The van der Waals surface area contributed by atoms with Gasteiger partial charge in [-0.25, -0.2) is 0 Å². The lowest BCUT2D eigenvalue weighted by molar-refractivity contribution is 0.254. The molecule has 0 amide bonds. The molecule has 0 aliphatic carbocycles. The van der Waals surface area contributed by atoms with Crippen molar-refractivity contribution >= 4 is 0 Å². The first-order chi connectivity index (χ1) is 14.8. The Morgan fingerprint density at radius 3 is 2.57 bits per heavy atom. The Labute approximate surface area is 182 Å². The molecule has 0 unspecified atom stereocenters. The molecule has 1 aliphatic heterocycles. The molecule has 0 saturated heterocycles. The fourth-order valence-electron chi connectivity index (χ4n) is 4.27. The van der Waals surface area contributed by atoms with Gasteiger partial charge in [-0.05, 0) is 37.6 Å². The number of nitrogens with one attached hydrogen (secondary N) is 1. The zero-order chi connectivity index (χ0) is 21.2. The number of methoxy groups -OCH3 is 1. The smallest absolute Gasteiger partial charge is 0.161 e. The molecule has 0 bridgehead atoms. The van der Waals surface area contributed by atoms with Gasteiger partial charge in [0, 0.05) is 36.3 Å². The number of aromatic amines is 1. The maximum absolute atomic E-state index is 6.03. The lowest BCUT2D eigenvalue weighted by Crippen LogP contribution is -2.31. The van der Waals surface area contributed by atoms with Crippen molar-refractivity contribution in [3.8, 4) is 22.8 Å². The Balaban J connectivity index is 1.58. The van der Waals surface area contributed by atoms with Crippen LogP contribution in [0.5, 0.6) is 11.5 Å². The second-order valence-corrected chi connectivity index (χ2v) is 8.39. The highest BCUT2D eigenvalue weighted by Crippen LogP contribution is 2.35. The number of benzene rings is 1. The van der Waals surface area contributed by atoms with Gasteiger partial charge in [-0.2, -0.15) is 5.10 Å². The van der Waals surface area contributed by atoms with Crippen LogP contribution in [-0.4, -0.2) is 41.9 Å². The number of hydrogen-bond donors (Lipinski definition) is 1. The van der Waals surface area contributed by atoms with Gasteiger partial charge in [0.25, 0.3) is 0 Å². The lowest BCUT2D eigenvalue weighted by atomic mass is 10.0. The molecule has 1 N–H and O–H groups in total. The van der Waals surface area contributed by atoms with Crippen LogP contribution in [0.3, 0.4) is 0 Å². The van der Waals surface area contributed by atoms with Crippen LogP contribution < -0.4 is 9.47 Å². The van der Waals surface area contributed by atoms with Crippen molar-refractivity contribution in [2.24, 2.45) is 0 Å². The highest BCUT2D eigenvalue weighted by atomic mass is 16.5. The Morgan fingerprint density at radius 1 is 1.00 bits per heavy atom. The second-order valence-electron chi connectivity index (χ2n) is 8.39. The summed E-state index contributed by atoms with van der Waals surface area (Å²) in [6.45, 7) is 8.45. The zero-order valence-corrected chi connectivity index (χ0v) is 19.1. The number of unbranched alkanes of at least 4 members (excludes halogenated alkanes) is 6. The largest absolute Gasteiger partial charge is 0.493 e. The van der Waals surface area contributed by atoms with Crippen LogP contribution in [0, 0.1) is 0 Å². The van der Waals surface area contributed by atoms with Crippen molar-refractivity contribution in [1.82, 2.24) is 15.1 Å². The van der Waals surface area contributed by atoms with E-state index in [0.717, 1.165) is 61.8 Å². The van der Waals surface area contributed by atoms with Gasteiger partial charge in [0.1, 0.15) is 0 Å². The molecule has 0 saturated carbocycles. The first-order valence-corrected chi connectivity index (χ1v) is 11.9. The van der Waals surface area contributed by atoms with E-state index in [1.54, 1.807) is 7.11 Å². The number of aromatic nitrogens is 2. The standard InChI is InChI=1S/C25H39N3O2/c1-4-6-7-8-9-10-11-17-30-23-13-12-20(18-24(23)29-3)25-21-19-28(15-5-2)16-14-22(21)26-27-25/h12-13,18H,4-11,14-17,19H2,1-3H3,(H,26,27). The van der Waals surface area contributed by atoms with Crippen molar-refractivity contribution in [1.29, 1.82) is 0 Å². The Hall–Kier alpha value is -2.01. The van der Waals surface area contributed by atoms with Crippen molar-refractivity contribution in [3.63, 3.8) is 0 Å². The zero-order valence-electron chi connectivity index (χ0n) is 19.1. The molecule has 0 spiro atoms. The predicted molar refractivity (Wildman–Crippen MR) is 123 cm³/mol. The average molecular weight is 414 g/mol. The van der Waals surface area contributed by atoms with Crippen LogP contribution in [0.15, 0.2) is 18.2 Å². The third-order valence-corrected chi connectivity index (χ3v) is 5.99. The number of rotatable bonds is 13. The van der Waals surface area contributed by atoms with Crippen molar-refractivity contribution in [2.75, 3.05) is 26.8 Å². The van der Waals surface area contributed by atoms with E-state index in [9.17, 15) is 0 Å². The summed E-state index contributed by atoms with van der Waals surface area (Å²) >= 11 is 0. The lowest BCUT2D eigenvalue weighted by Gasteiger charge is -2.26. The normalized spacial score (nSPS) is 14.0. The minimum absolute atomic E-state index is 0.743. The highest BCUT2D eigenvalue weighted by Gasteiger charge is 2.23. The molecule has 30 heavy (non-hydrogen) atoms. The fourth-order valence-corrected chi connectivity index (χ4v) is 4.27. The number of fused-ring (bicyclic) bond motifs is 1. The summed E-state index contributed by atoms with van der Waals surface area (Å²) in [6, 6.07) is 6.20. The molecule has 0 radical (unpaired) electrons. The van der Waals surface area contributed by atoms with Gasteiger partial charge in [0.2, 0.25) is 0 Å². The molecule has 0 atom stereocenters. The van der Waals surface area contributed by atoms with Gasteiger partial charge in [0.05, 0.1) is 19.4 Å². The van der Waals surface area contributed by atoms with E-state index in [1.165, 1.54) is 56.2 Å². The Bertz CT molecular complexity index is 772. The minimum atomic E-state index is 0.743. The van der Waals surface area contributed by atoms with Gasteiger partial charge >= 0.3 is 0 Å². The summed E-state index contributed by atoms with van der Waals surface area (Å²) in [6.07, 6.45) is 11.2. The van der Waals surface area contributed by atoms with E-state index in [0.29, 0.717) is 0 Å². The van der Waals surface area contributed by atoms with E-state index in [4.69, 9.17) is 9.47 Å². The van der Waals surface area contributed by atoms with Gasteiger partial charge < -0.3 is 9.47 Å². The van der Waals surface area contributed by atoms with Crippen LogP contribution in [-0.2, 0) is 13.0 Å². The summed E-state index contributed by atoms with van der Waals surface area (Å²) in [5.74, 6) is 1.61. The van der Waals surface area contributed by atoms with Crippen LogP contribution in [0.25, 0.3) is 11.3 Å². The van der Waals surface area contributed by atoms with Gasteiger partial charge in [-0.3, -0.25) is 10.00 Å². The van der Waals surface area contributed by atoms with Crippen LogP contribution >= 0.6 is 0 Å². The number of ether oxygens (including phenoxy) is 2. The molecular weight excluding hydrogens is 374 g/mol. The quantitative estimate of drug-likeness (QED) is 0.410. The van der Waals surface area contributed by atoms with E-state index >= 15 is 0 Å². The van der Waals surface area contributed by atoms with Crippen molar-refractivity contribution < 1.29 is 9.47 Å². The predicted octanol–water partition coefficient (Wildman–Crippen LogP) is 5.98. The van der Waals surface area contributed by atoms with E-state index in [1.807, 2.05) is 6.07 Å². The van der Waals surface area contributed by atoms with Gasteiger partial charge in [-0.1, -0.05) is 52.4 Å². The van der Waals surface area contributed by atoms with Crippen LogP contribution in [0.1, 0.15) is 76.5 Å². The van der Waals surface area contributed by atoms with E-state index < -0.39 is 0 Å². The van der Waals surface area contributed by atoms with Crippen LogP contribution in [0.2, 0.25) is 0 Å². The third kappa shape index (κ3) is 6.00. The van der Waals surface area contributed by atoms with Gasteiger partial charge in [0.15, 0.2) is 11.5 Å². The topological polar surface area (TPSA) is 50.4 Å². The summed E-state index contributed by atoms with van der Waals surface area (Å²) in [5.41, 5.74) is 4.73. The highest BCUT2D eigenvalue weighted by molar-refractivity contribution is 5.68. The van der Waals surface area contributed by atoms with E-state index in [-0.39, 0.29) is 0 Å². The summed E-state index contributed by atoms with van der Waals surface area (Å²) in [7, 11) is 1.71. The fraction of sp³-hybridized carbons (Fsp3) is 0.640. The minimum Gasteiger partial charge on any atom is -0.493 e. The number of hydrogen-bond acceptors (Lipinski definition) is 4. The molecule has 1 aromatic carbocycles. The van der Waals surface area contributed by atoms with Gasteiger partial charge in [-0.15, -0.1) is 0 Å². The van der Waals surface area contributed by atoms with Crippen LogP contribution in [0.4, 0.5) is 0 Å². The molecular formula is C25H39N3O2. The van der Waals surface area contributed by atoms with Crippen molar-refractivity contribution in [2.45, 2.75) is 78.2 Å². The Morgan fingerprint density at radius 2 is 1.80 bits per heavy atom. The average Bonchev–Trinajstić information content (AvgIpc) is 3.19. The summed E-state index contributed by atoms with van der Waals surface area (Å²) in [4.78, 5) is 2.51. The molecule has 3 rings (SSSR count). The summed E-state index contributed by atoms with van der Waals surface area (Å²) < 4.78 is 11.7. The maximum Gasteiger partial charge on any atom is 0.161 e.